The van der Waals surface area contributed by atoms with Crippen LogP contribution < -0.4 is 4.90 Å². The summed E-state index contributed by atoms with van der Waals surface area (Å²) < 4.78 is 14.0. The number of nitriles is 1. The van der Waals surface area contributed by atoms with Crippen molar-refractivity contribution in [3.63, 3.8) is 0 Å². The summed E-state index contributed by atoms with van der Waals surface area (Å²) in [5, 5.41) is 10.3. The third-order valence-corrected chi connectivity index (χ3v) is 5.02. The van der Waals surface area contributed by atoms with Crippen LogP contribution >= 0.6 is 0 Å². The van der Waals surface area contributed by atoms with Crippen LogP contribution in [0.5, 0.6) is 0 Å². The summed E-state index contributed by atoms with van der Waals surface area (Å²) in [5.41, 5.74) is 3.87. The Hall–Kier alpha value is -3.04. The van der Waals surface area contributed by atoms with Crippen molar-refractivity contribution >= 4 is 16.6 Å². The molecule has 27 heavy (non-hydrogen) atoms. The molecule has 3 aromatic rings. The van der Waals surface area contributed by atoms with Gasteiger partial charge in [0.2, 0.25) is 0 Å². The van der Waals surface area contributed by atoms with Crippen molar-refractivity contribution in [2.45, 2.75) is 13.5 Å². The van der Waals surface area contributed by atoms with Gasteiger partial charge in [0, 0.05) is 50.5 Å². The Morgan fingerprint density at radius 1 is 1.15 bits per heavy atom. The highest BCUT2D eigenvalue weighted by Crippen LogP contribution is 2.32. The average molecular weight is 361 g/mol. The van der Waals surface area contributed by atoms with Gasteiger partial charge in [-0.1, -0.05) is 6.07 Å². The second-order valence-corrected chi connectivity index (χ2v) is 6.84. The van der Waals surface area contributed by atoms with E-state index in [0.29, 0.717) is 10.9 Å². The molecule has 1 aliphatic heterocycles. The van der Waals surface area contributed by atoms with Gasteiger partial charge in [0.25, 0.3) is 0 Å². The van der Waals surface area contributed by atoms with Crippen LogP contribution in [0.1, 0.15) is 16.8 Å². The number of rotatable bonds is 3. The fraction of sp³-hybridized carbons (Fsp3) is 0.286. The first-order valence-electron chi connectivity index (χ1n) is 9.02. The molecule has 1 aliphatic rings. The van der Waals surface area contributed by atoms with Crippen LogP contribution in [0.3, 0.4) is 0 Å². The highest BCUT2D eigenvalue weighted by molar-refractivity contribution is 5.96. The van der Waals surface area contributed by atoms with Crippen LogP contribution in [-0.2, 0) is 6.54 Å². The van der Waals surface area contributed by atoms with Gasteiger partial charge in [0.1, 0.15) is 11.9 Å². The number of hydrogen-bond acceptors (Lipinski definition) is 5. The molecule has 1 aromatic carbocycles. The van der Waals surface area contributed by atoms with E-state index in [0.717, 1.165) is 55.2 Å². The molecule has 0 N–H and O–H groups in total. The van der Waals surface area contributed by atoms with Gasteiger partial charge in [-0.2, -0.15) is 5.26 Å². The van der Waals surface area contributed by atoms with Gasteiger partial charge in [0.15, 0.2) is 0 Å². The van der Waals surface area contributed by atoms with Crippen molar-refractivity contribution in [1.82, 2.24) is 14.9 Å². The van der Waals surface area contributed by atoms with Crippen molar-refractivity contribution in [1.29, 1.82) is 5.26 Å². The number of halogens is 1. The Bertz CT molecular complexity index is 1000. The highest BCUT2D eigenvalue weighted by Gasteiger charge is 2.22. The van der Waals surface area contributed by atoms with Gasteiger partial charge >= 0.3 is 0 Å². The smallest absolute Gasteiger partial charge is 0.124 e. The Kier molecular flexibility index (Phi) is 4.69. The molecule has 1 saturated heterocycles. The van der Waals surface area contributed by atoms with Crippen molar-refractivity contribution in [2.24, 2.45) is 0 Å². The average Bonchev–Trinajstić information content (AvgIpc) is 2.68. The first kappa shape index (κ1) is 17.4. The first-order valence-corrected chi connectivity index (χ1v) is 9.02. The third kappa shape index (κ3) is 3.46. The fourth-order valence-electron chi connectivity index (χ4n) is 3.70. The molecule has 0 radical (unpaired) electrons. The third-order valence-electron chi connectivity index (χ3n) is 5.02. The predicted octanol–water partition coefficient (Wildman–Crippen LogP) is 3.27. The molecule has 0 saturated carbocycles. The first-order chi connectivity index (χ1) is 13.2. The molecule has 0 amide bonds. The maximum Gasteiger partial charge on any atom is 0.124 e. The predicted molar refractivity (Wildman–Crippen MR) is 103 cm³/mol. The molecule has 5 nitrogen and oxygen atoms in total. The van der Waals surface area contributed by atoms with E-state index in [4.69, 9.17) is 0 Å². The molecule has 136 valence electrons. The van der Waals surface area contributed by atoms with Gasteiger partial charge in [-0.15, -0.1) is 0 Å². The van der Waals surface area contributed by atoms with E-state index in [9.17, 15) is 9.65 Å². The Labute approximate surface area is 157 Å². The summed E-state index contributed by atoms with van der Waals surface area (Å²) in [6, 6.07) is 11.1. The summed E-state index contributed by atoms with van der Waals surface area (Å²) in [5.74, 6) is -0.299. The topological polar surface area (TPSA) is 56.0 Å². The summed E-state index contributed by atoms with van der Waals surface area (Å²) in [4.78, 5) is 13.3. The maximum atomic E-state index is 14.0. The minimum absolute atomic E-state index is 0.299. The van der Waals surface area contributed by atoms with E-state index in [1.54, 1.807) is 6.20 Å². The molecule has 2 aromatic heterocycles. The number of aryl methyl sites for hydroxylation is 1. The van der Waals surface area contributed by atoms with Gasteiger partial charge < -0.3 is 4.90 Å². The minimum Gasteiger partial charge on any atom is -0.367 e. The number of pyridine rings is 2. The monoisotopic (exact) mass is 361 g/mol. The molecule has 6 heteroatoms. The van der Waals surface area contributed by atoms with Crippen LogP contribution in [0.25, 0.3) is 10.9 Å². The summed E-state index contributed by atoms with van der Waals surface area (Å²) in [6.07, 6.45) is 3.41. The van der Waals surface area contributed by atoms with E-state index in [-0.39, 0.29) is 5.82 Å². The molecule has 0 unspecified atom stereocenters. The van der Waals surface area contributed by atoms with Gasteiger partial charge in [-0.25, -0.2) is 4.39 Å². The molecular formula is C21H20FN5. The fourth-order valence-corrected chi connectivity index (χ4v) is 3.70. The molecule has 0 spiro atoms. The number of hydrogen-bond donors (Lipinski definition) is 0. The van der Waals surface area contributed by atoms with E-state index in [1.807, 2.05) is 31.3 Å². The lowest BCUT2D eigenvalue weighted by molar-refractivity contribution is 0.247. The second kappa shape index (κ2) is 7.29. The Balaban J connectivity index is 1.61. The lowest BCUT2D eigenvalue weighted by atomic mass is 10.0. The lowest BCUT2D eigenvalue weighted by Gasteiger charge is -2.36. The number of aromatic nitrogens is 2. The van der Waals surface area contributed by atoms with Crippen molar-refractivity contribution in [2.75, 3.05) is 31.1 Å². The quantitative estimate of drug-likeness (QED) is 0.717. The van der Waals surface area contributed by atoms with Gasteiger partial charge in [-0.3, -0.25) is 14.9 Å². The normalized spacial score (nSPS) is 15.1. The second-order valence-electron chi connectivity index (χ2n) is 6.84. The van der Waals surface area contributed by atoms with Crippen molar-refractivity contribution in [3.05, 3.63) is 65.4 Å². The van der Waals surface area contributed by atoms with Crippen LogP contribution in [0.4, 0.5) is 10.1 Å². The van der Waals surface area contributed by atoms with Crippen LogP contribution in [-0.4, -0.2) is 41.0 Å². The Morgan fingerprint density at radius 2 is 1.96 bits per heavy atom. The lowest BCUT2D eigenvalue weighted by Crippen LogP contribution is -2.46. The molecule has 1 fully saturated rings. The number of anilines is 1. The van der Waals surface area contributed by atoms with E-state index in [2.05, 4.69) is 25.8 Å². The summed E-state index contributed by atoms with van der Waals surface area (Å²) >= 11 is 0. The van der Waals surface area contributed by atoms with Crippen molar-refractivity contribution in [3.8, 4) is 6.07 Å². The highest BCUT2D eigenvalue weighted by atomic mass is 19.1. The molecule has 4 rings (SSSR count). The van der Waals surface area contributed by atoms with Crippen LogP contribution in [0, 0.1) is 24.1 Å². The van der Waals surface area contributed by atoms with Crippen LogP contribution in [0.15, 0.2) is 42.7 Å². The zero-order valence-electron chi connectivity index (χ0n) is 15.2. The zero-order chi connectivity index (χ0) is 18.8. The Morgan fingerprint density at radius 3 is 2.67 bits per heavy atom. The van der Waals surface area contributed by atoms with E-state index >= 15 is 0 Å². The van der Waals surface area contributed by atoms with E-state index in [1.165, 1.54) is 12.1 Å². The number of nitrogens with zero attached hydrogens (tertiary/aromatic N) is 5. The SMILES string of the molecule is Cc1cc(F)cc2c(N3CCN(Cc4ccccn4)CC3)c(C#N)cnc12. The maximum absolute atomic E-state index is 14.0. The number of fused-ring (bicyclic) bond motifs is 1. The molecule has 0 bridgehead atoms. The minimum atomic E-state index is -0.299. The number of benzene rings is 1. The molecule has 3 heterocycles. The standard InChI is InChI=1S/C21H20FN5/c1-15-10-17(22)11-19-20(15)25-13-16(12-23)21(19)27-8-6-26(7-9-27)14-18-4-2-3-5-24-18/h2-5,10-11,13H,6-9,14H2,1H3. The summed E-state index contributed by atoms with van der Waals surface area (Å²) in [7, 11) is 0. The largest absolute Gasteiger partial charge is 0.367 e. The molecule has 0 atom stereocenters. The van der Waals surface area contributed by atoms with E-state index < -0.39 is 0 Å². The zero-order valence-corrected chi connectivity index (χ0v) is 15.2. The van der Waals surface area contributed by atoms with Crippen LogP contribution in [0.2, 0.25) is 0 Å². The summed E-state index contributed by atoms with van der Waals surface area (Å²) in [6.45, 7) is 5.93. The molecular weight excluding hydrogens is 341 g/mol. The van der Waals surface area contributed by atoms with Gasteiger partial charge in [0.05, 0.1) is 22.5 Å². The molecule has 0 aliphatic carbocycles. The van der Waals surface area contributed by atoms with Crippen molar-refractivity contribution < 1.29 is 4.39 Å². The van der Waals surface area contributed by atoms with Gasteiger partial charge in [-0.05, 0) is 36.8 Å². The number of piperazine rings is 1.